The fourth-order valence-electron chi connectivity index (χ4n) is 4.95. The molecule has 0 saturated carbocycles. The summed E-state index contributed by atoms with van der Waals surface area (Å²) in [5.74, 6) is 0.701. The number of nitrogens with zero attached hydrogens (tertiary/aromatic N) is 4. The highest BCUT2D eigenvalue weighted by Gasteiger charge is 2.43. The van der Waals surface area contributed by atoms with Crippen LogP contribution in [0, 0.1) is 0 Å². The predicted molar refractivity (Wildman–Crippen MR) is 141 cm³/mol. The number of hydrogen-bond donors (Lipinski definition) is 0. The number of pyridine rings is 2. The first-order chi connectivity index (χ1) is 17.4. The van der Waals surface area contributed by atoms with Gasteiger partial charge in [-0.3, -0.25) is 9.38 Å². The standard InChI is InChI=1S/C27H24N4O3S2/c1-36(32,33)27(12-15-34-16-13-27)20-5-4-6-21(18-20)35-22-9-10-24-19(17-22)8-11-25-29-30-26(31(24)25)23-7-2-3-14-28-23/h2-11,14,17-18H,12-13,15-16H2,1H3. The van der Waals surface area contributed by atoms with Crippen molar-refractivity contribution < 1.29 is 13.2 Å². The molecule has 6 rings (SSSR count). The molecule has 4 heterocycles. The molecule has 2 aromatic carbocycles. The van der Waals surface area contributed by atoms with Crippen molar-refractivity contribution >= 4 is 38.1 Å². The maximum absolute atomic E-state index is 12.9. The summed E-state index contributed by atoms with van der Waals surface area (Å²) in [6.07, 6.45) is 4.04. The van der Waals surface area contributed by atoms with Gasteiger partial charge in [0.2, 0.25) is 0 Å². The van der Waals surface area contributed by atoms with E-state index >= 15 is 0 Å². The van der Waals surface area contributed by atoms with Crippen molar-refractivity contribution in [3.63, 3.8) is 0 Å². The van der Waals surface area contributed by atoms with E-state index in [1.807, 2.05) is 59.0 Å². The average molecular weight is 517 g/mol. The van der Waals surface area contributed by atoms with Crippen molar-refractivity contribution in [2.45, 2.75) is 27.4 Å². The van der Waals surface area contributed by atoms with Crippen LogP contribution in [-0.2, 0) is 19.3 Å². The molecule has 9 heteroatoms. The molecule has 1 saturated heterocycles. The Kier molecular flexibility index (Phi) is 5.78. The lowest BCUT2D eigenvalue weighted by molar-refractivity contribution is 0.0741. The van der Waals surface area contributed by atoms with Gasteiger partial charge in [-0.2, -0.15) is 0 Å². The molecule has 36 heavy (non-hydrogen) atoms. The van der Waals surface area contributed by atoms with E-state index in [-0.39, 0.29) is 0 Å². The van der Waals surface area contributed by atoms with Gasteiger partial charge in [0.05, 0.1) is 5.52 Å². The Hall–Kier alpha value is -3.27. The lowest BCUT2D eigenvalue weighted by Gasteiger charge is -2.36. The SMILES string of the molecule is CS(=O)(=O)C1(c2cccc(Sc3ccc4c(ccc5nnc(-c6ccccn6)n54)c3)c2)CCOCC1. The third-order valence-corrected chi connectivity index (χ3v) is 9.88. The molecule has 7 nitrogen and oxygen atoms in total. The van der Waals surface area contributed by atoms with Crippen molar-refractivity contribution in [3.8, 4) is 11.5 Å². The third-order valence-electron chi connectivity index (χ3n) is 6.84. The fourth-order valence-corrected chi connectivity index (χ4v) is 7.34. The lowest BCUT2D eigenvalue weighted by atomic mass is 9.90. The zero-order valence-corrected chi connectivity index (χ0v) is 21.3. The number of rotatable bonds is 5. The van der Waals surface area contributed by atoms with Gasteiger partial charge in [-0.05, 0) is 78.4 Å². The molecule has 182 valence electrons. The van der Waals surface area contributed by atoms with Gasteiger partial charge < -0.3 is 4.74 Å². The molecule has 0 unspecified atom stereocenters. The Balaban J connectivity index is 1.37. The highest BCUT2D eigenvalue weighted by molar-refractivity contribution is 7.99. The normalized spacial score (nSPS) is 15.9. The van der Waals surface area contributed by atoms with E-state index < -0.39 is 14.6 Å². The maximum Gasteiger partial charge on any atom is 0.187 e. The van der Waals surface area contributed by atoms with Crippen LogP contribution in [0.3, 0.4) is 0 Å². The number of sulfone groups is 1. The molecule has 0 aliphatic carbocycles. The highest BCUT2D eigenvalue weighted by atomic mass is 32.2. The van der Waals surface area contributed by atoms with E-state index in [2.05, 4.69) is 33.4 Å². The highest BCUT2D eigenvalue weighted by Crippen LogP contribution is 2.41. The van der Waals surface area contributed by atoms with Gasteiger partial charge in [0.1, 0.15) is 10.4 Å². The van der Waals surface area contributed by atoms with E-state index in [4.69, 9.17) is 4.74 Å². The van der Waals surface area contributed by atoms with Crippen LogP contribution in [-0.4, -0.2) is 47.5 Å². The smallest absolute Gasteiger partial charge is 0.187 e. The van der Waals surface area contributed by atoms with Crippen LogP contribution < -0.4 is 0 Å². The molecule has 0 bridgehead atoms. The van der Waals surface area contributed by atoms with Gasteiger partial charge in [0.25, 0.3) is 0 Å². The predicted octanol–water partition coefficient (Wildman–Crippen LogP) is 5.15. The van der Waals surface area contributed by atoms with Crippen molar-refractivity contribution in [1.29, 1.82) is 0 Å². The number of fused-ring (bicyclic) bond motifs is 3. The molecule has 1 aliphatic rings. The molecular weight excluding hydrogens is 492 g/mol. The first-order valence-corrected chi connectivity index (χ1v) is 14.4. The number of benzene rings is 2. The summed E-state index contributed by atoms with van der Waals surface area (Å²) in [4.78, 5) is 6.51. The lowest BCUT2D eigenvalue weighted by Crippen LogP contribution is -2.40. The van der Waals surface area contributed by atoms with Crippen LogP contribution in [0.15, 0.2) is 88.8 Å². The van der Waals surface area contributed by atoms with Gasteiger partial charge in [0.15, 0.2) is 21.3 Å². The molecule has 0 spiro atoms. The Morgan fingerprint density at radius 1 is 0.917 bits per heavy atom. The van der Waals surface area contributed by atoms with Crippen molar-refractivity contribution in [2.75, 3.05) is 19.5 Å². The van der Waals surface area contributed by atoms with Gasteiger partial charge in [-0.25, -0.2) is 8.42 Å². The van der Waals surface area contributed by atoms with Gasteiger partial charge in [-0.15, -0.1) is 10.2 Å². The van der Waals surface area contributed by atoms with Crippen molar-refractivity contribution in [1.82, 2.24) is 19.6 Å². The van der Waals surface area contributed by atoms with E-state index in [1.165, 1.54) is 6.26 Å². The topological polar surface area (TPSA) is 86.5 Å². The Morgan fingerprint density at radius 2 is 1.75 bits per heavy atom. The van der Waals surface area contributed by atoms with Gasteiger partial charge in [0, 0.05) is 35.5 Å². The zero-order chi connectivity index (χ0) is 24.8. The van der Waals surface area contributed by atoms with Crippen LogP contribution >= 0.6 is 11.8 Å². The average Bonchev–Trinajstić information content (AvgIpc) is 3.34. The minimum Gasteiger partial charge on any atom is -0.381 e. The molecule has 0 atom stereocenters. The monoisotopic (exact) mass is 516 g/mol. The minimum atomic E-state index is -3.31. The summed E-state index contributed by atoms with van der Waals surface area (Å²) < 4.78 is 32.3. The minimum absolute atomic E-state index is 0.452. The molecule has 3 aromatic heterocycles. The van der Waals surface area contributed by atoms with Crippen LogP contribution in [0.25, 0.3) is 28.1 Å². The van der Waals surface area contributed by atoms with Crippen molar-refractivity contribution in [3.05, 3.63) is 84.6 Å². The van der Waals surface area contributed by atoms with Gasteiger partial charge in [-0.1, -0.05) is 30.0 Å². The molecule has 0 N–H and O–H groups in total. The summed E-state index contributed by atoms with van der Waals surface area (Å²) in [5.41, 5.74) is 3.36. The number of ether oxygens (including phenoxy) is 1. The largest absolute Gasteiger partial charge is 0.381 e. The third kappa shape index (κ3) is 3.97. The summed E-state index contributed by atoms with van der Waals surface area (Å²) in [6.45, 7) is 0.903. The Labute approximate surface area is 213 Å². The van der Waals surface area contributed by atoms with E-state index in [9.17, 15) is 8.42 Å². The first-order valence-electron chi connectivity index (χ1n) is 11.7. The number of hydrogen-bond acceptors (Lipinski definition) is 7. The molecule has 0 amide bonds. The van der Waals surface area contributed by atoms with Crippen LogP contribution in [0.1, 0.15) is 18.4 Å². The summed E-state index contributed by atoms with van der Waals surface area (Å²) in [6, 6.07) is 23.9. The molecule has 5 aromatic rings. The molecule has 0 radical (unpaired) electrons. The first kappa shape index (κ1) is 23.1. The second kappa shape index (κ2) is 8.99. The summed E-state index contributed by atoms with van der Waals surface area (Å²) in [5, 5.41) is 9.75. The van der Waals surface area contributed by atoms with Crippen LogP contribution in [0.5, 0.6) is 0 Å². The summed E-state index contributed by atoms with van der Waals surface area (Å²) >= 11 is 1.62. The zero-order valence-electron chi connectivity index (χ0n) is 19.7. The Morgan fingerprint density at radius 3 is 2.53 bits per heavy atom. The van der Waals surface area contributed by atoms with E-state index in [0.29, 0.717) is 31.9 Å². The second-order valence-electron chi connectivity index (χ2n) is 8.99. The summed E-state index contributed by atoms with van der Waals surface area (Å²) in [7, 11) is -3.31. The second-order valence-corrected chi connectivity index (χ2v) is 12.5. The number of aromatic nitrogens is 4. The van der Waals surface area contributed by atoms with Crippen LogP contribution in [0.2, 0.25) is 0 Å². The van der Waals surface area contributed by atoms with Crippen LogP contribution in [0.4, 0.5) is 0 Å². The van der Waals surface area contributed by atoms with Gasteiger partial charge >= 0.3 is 0 Å². The Bertz CT molecular complexity index is 1680. The van der Waals surface area contributed by atoms with Crippen molar-refractivity contribution in [2.24, 2.45) is 0 Å². The van der Waals surface area contributed by atoms with E-state index in [1.54, 1.807) is 18.0 Å². The maximum atomic E-state index is 12.9. The quantitative estimate of drug-likeness (QED) is 0.319. The van der Waals surface area contributed by atoms with E-state index in [0.717, 1.165) is 37.6 Å². The fraction of sp³-hybridized carbons (Fsp3) is 0.222. The molecular formula is C27H24N4O3S2. The molecule has 1 aliphatic heterocycles. The molecule has 1 fully saturated rings.